The summed E-state index contributed by atoms with van der Waals surface area (Å²) in [7, 11) is -3.83. The summed E-state index contributed by atoms with van der Waals surface area (Å²) < 4.78 is 40.5. The quantitative estimate of drug-likeness (QED) is 0.893. The van der Waals surface area contributed by atoms with Gasteiger partial charge >= 0.3 is 0 Å². The molecule has 0 heterocycles. The molecule has 0 saturated carbocycles. The zero-order chi connectivity index (χ0) is 14.0. The van der Waals surface area contributed by atoms with E-state index in [2.05, 4.69) is 20.7 Å². The highest BCUT2D eigenvalue weighted by Crippen LogP contribution is 2.23. The van der Waals surface area contributed by atoms with Gasteiger partial charge in [-0.1, -0.05) is 33.6 Å². The number of anilines is 1. The van der Waals surface area contributed by atoms with E-state index in [4.69, 9.17) is 11.6 Å². The molecule has 0 atom stereocenters. The van der Waals surface area contributed by atoms with Crippen LogP contribution in [0, 0.1) is 5.82 Å². The highest BCUT2D eigenvalue weighted by molar-refractivity contribution is 9.10. The van der Waals surface area contributed by atoms with Crippen LogP contribution in [0.1, 0.15) is 0 Å². The fourth-order valence-corrected chi connectivity index (χ4v) is 3.23. The molecule has 0 aliphatic rings. The van der Waals surface area contributed by atoms with Crippen LogP contribution in [0.3, 0.4) is 0 Å². The predicted molar refractivity (Wildman–Crippen MR) is 76.4 cm³/mol. The number of hydrogen-bond acceptors (Lipinski definition) is 2. The molecule has 0 fully saturated rings. The van der Waals surface area contributed by atoms with Crippen molar-refractivity contribution in [2.24, 2.45) is 0 Å². The Bertz CT molecular complexity index is 721. The smallest absolute Gasteiger partial charge is 0.262 e. The lowest BCUT2D eigenvalue weighted by Gasteiger charge is -2.09. The second kappa shape index (κ2) is 5.48. The largest absolute Gasteiger partial charge is 0.277 e. The first kappa shape index (κ1) is 14.3. The maximum atomic E-state index is 13.6. The van der Waals surface area contributed by atoms with Gasteiger partial charge in [0, 0.05) is 9.50 Å². The van der Waals surface area contributed by atoms with Gasteiger partial charge in [-0.3, -0.25) is 4.72 Å². The second-order valence-corrected chi connectivity index (χ2v) is 6.72. The van der Waals surface area contributed by atoms with Gasteiger partial charge in [0.25, 0.3) is 10.0 Å². The molecule has 1 N–H and O–H groups in total. The molecule has 2 rings (SSSR count). The van der Waals surface area contributed by atoms with Gasteiger partial charge in [-0.15, -0.1) is 0 Å². The van der Waals surface area contributed by atoms with Gasteiger partial charge in [-0.05, 0) is 36.4 Å². The normalized spacial score (nSPS) is 11.3. The number of sulfonamides is 1. The molecule has 0 radical (unpaired) electrons. The third kappa shape index (κ3) is 3.46. The van der Waals surface area contributed by atoms with Crippen LogP contribution in [0.5, 0.6) is 0 Å². The summed E-state index contributed by atoms with van der Waals surface area (Å²) in [5.74, 6) is -0.730. The number of rotatable bonds is 3. The van der Waals surface area contributed by atoms with E-state index in [1.54, 1.807) is 12.1 Å². The Morgan fingerprint density at radius 2 is 1.89 bits per heavy atom. The van der Waals surface area contributed by atoms with Crippen molar-refractivity contribution in [2.75, 3.05) is 4.72 Å². The van der Waals surface area contributed by atoms with E-state index < -0.39 is 15.8 Å². The molecule has 0 unspecified atom stereocenters. The molecule has 0 aliphatic carbocycles. The van der Waals surface area contributed by atoms with E-state index in [0.29, 0.717) is 4.47 Å². The van der Waals surface area contributed by atoms with Crippen molar-refractivity contribution in [1.29, 1.82) is 0 Å². The van der Waals surface area contributed by atoms with E-state index >= 15 is 0 Å². The molecule has 2 aromatic carbocycles. The SMILES string of the molecule is O=S(=O)(Nc1ccc(Cl)cc1F)c1cccc(Br)c1. The van der Waals surface area contributed by atoms with Crippen molar-refractivity contribution in [3.8, 4) is 0 Å². The lowest BCUT2D eigenvalue weighted by molar-refractivity contribution is 0.598. The Morgan fingerprint density at radius 1 is 1.16 bits per heavy atom. The highest BCUT2D eigenvalue weighted by Gasteiger charge is 2.16. The lowest BCUT2D eigenvalue weighted by atomic mass is 10.3. The molecule has 0 spiro atoms. The summed E-state index contributed by atoms with van der Waals surface area (Å²) in [5.41, 5.74) is -0.149. The molecule has 0 amide bonds. The Kier molecular flexibility index (Phi) is 4.13. The van der Waals surface area contributed by atoms with E-state index in [9.17, 15) is 12.8 Å². The summed E-state index contributed by atoms with van der Waals surface area (Å²) in [5, 5.41) is 0.197. The third-order valence-corrected chi connectivity index (χ3v) is 4.37. The van der Waals surface area contributed by atoms with Crippen molar-refractivity contribution >= 4 is 43.2 Å². The van der Waals surface area contributed by atoms with Gasteiger partial charge in [0.1, 0.15) is 5.82 Å². The Hall–Kier alpha value is -1.11. The molecule has 19 heavy (non-hydrogen) atoms. The molecule has 2 aromatic rings. The summed E-state index contributed by atoms with van der Waals surface area (Å²) in [6.07, 6.45) is 0. The molecule has 0 bridgehead atoms. The fourth-order valence-electron chi connectivity index (χ4n) is 1.41. The van der Waals surface area contributed by atoms with Crippen LogP contribution in [0.15, 0.2) is 51.8 Å². The maximum Gasteiger partial charge on any atom is 0.262 e. The molecule has 0 aromatic heterocycles. The van der Waals surface area contributed by atoms with E-state index in [0.717, 1.165) is 6.07 Å². The van der Waals surface area contributed by atoms with Crippen LogP contribution in [0.4, 0.5) is 10.1 Å². The standard InChI is InChI=1S/C12H8BrClFNO2S/c13-8-2-1-3-10(6-8)19(17,18)16-12-5-4-9(14)7-11(12)15/h1-7,16H. The molecule has 0 aliphatic heterocycles. The van der Waals surface area contributed by atoms with Gasteiger partial charge in [-0.2, -0.15) is 0 Å². The van der Waals surface area contributed by atoms with Crippen LogP contribution in [0.25, 0.3) is 0 Å². The monoisotopic (exact) mass is 363 g/mol. The Balaban J connectivity index is 2.36. The summed E-state index contributed by atoms with van der Waals surface area (Å²) in [4.78, 5) is 0.0382. The van der Waals surface area contributed by atoms with Crippen molar-refractivity contribution in [2.45, 2.75) is 4.90 Å². The molecule has 3 nitrogen and oxygen atoms in total. The van der Waals surface area contributed by atoms with Gasteiger partial charge in [0.15, 0.2) is 0 Å². The average molecular weight is 365 g/mol. The van der Waals surface area contributed by atoms with Gasteiger partial charge in [0.05, 0.1) is 10.6 Å². The second-order valence-electron chi connectivity index (χ2n) is 3.69. The average Bonchev–Trinajstić information content (AvgIpc) is 2.33. The van der Waals surface area contributed by atoms with Crippen LogP contribution in [0.2, 0.25) is 5.02 Å². The molecule has 100 valence electrons. The highest BCUT2D eigenvalue weighted by atomic mass is 79.9. The van der Waals surface area contributed by atoms with E-state index in [1.165, 1.54) is 24.3 Å². The van der Waals surface area contributed by atoms with Crippen LogP contribution >= 0.6 is 27.5 Å². The van der Waals surface area contributed by atoms with Gasteiger partial charge in [0.2, 0.25) is 0 Å². The molecule has 0 saturated heterocycles. The molecular formula is C12H8BrClFNO2S. The van der Waals surface area contributed by atoms with Crippen LogP contribution in [-0.4, -0.2) is 8.42 Å². The minimum atomic E-state index is -3.83. The summed E-state index contributed by atoms with van der Waals surface area (Å²) in [6.45, 7) is 0. The van der Waals surface area contributed by atoms with E-state index in [1.807, 2.05) is 0 Å². The lowest BCUT2D eigenvalue weighted by Crippen LogP contribution is -2.13. The summed E-state index contributed by atoms with van der Waals surface area (Å²) >= 11 is 8.78. The Morgan fingerprint density at radius 3 is 2.53 bits per heavy atom. The first-order valence-electron chi connectivity index (χ1n) is 5.12. The van der Waals surface area contributed by atoms with E-state index in [-0.39, 0.29) is 15.6 Å². The van der Waals surface area contributed by atoms with Crippen molar-refractivity contribution < 1.29 is 12.8 Å². The first-order chi connectivity index (χ1) is 8.88. The van der Waals surface area contributed by atoms with Crippen molar-refractivity contribution in [1.82, 2.24) is 0 Å². The predicted octanol–water partition coefficient (Wildman–Crippen LogP) is 4.04. The van der Waals surface area contributed by atoms with Crippen molar-refractivity contribution in [3.63, 3.8) is 0 Å². The molecular weight excluding hydrogens is 357 g/mol. The minimum absolute atomic E-state index is 0.0382. The zero-order valence-electron chi connectivity index (χ0n) is 9.40. The zero-order valence-corrected chi connectivity index (χ0v) is 12.6. The van der Waals surface area contributed by atoms with Gasteiger partial charge in [-0.25, -0.2) is 12.8 Å². The van der Waals surface area contributed by atoms with Crippen LogP contribution in [-0.2, 0) is 10.0 Å². The number of hydrogen-bond donors (Lipinski definition) is 1. The van der Waals surface area contributed by atoms with Crippen LogP contribution < -0.4 is 4.72 Å². The third-order valence-electron chi connectivity index (χ3n) is 2.28. The number of benzene rings is 2. The minimum Gasteiger partial charge on any atom is -0.277 e. The first-order valence-corrected chi connectivity index (χ1v) is 7.77. The number of halogens is 3. The number of nitrogens with one attached hydrogen (secondary N) is 1. The fraction of sp³-hybridized carbons (Fsp3) is 0. The summed E-state index contributed by atoms with van der Waals surface area (Å²) in [6, 6.07) is 9.84. The maximum absolute atomic E-state index is 13.6. The van der Waals surface area contributed by atoms with Gasteiger partial charge < -0.3 is 0 Å². The Labute approximate surface area is 123 Å². The molecule has 7 heteroatoms. The van der Waals surface area contributed by atoms with Crippen molar-refractivity contribution in [3.05, 3.63) is 57.8 Å². The topological polar surface area (TPSA) is 46.2 Å².